The second-order valence-electron chi connectivity index (χ2n) is 12.8. The summed E-state index contributed by atoms with van der Waals surface area (Å²) >= 11 is 1.20. The van der Waals surface area contributed by atoms with Gasteiger partial charge < -0.3 is 36.2 Å². The van der Waals surface area contributed by atoms with E-state index in [1.165, 1.54) is 11.8 Å². The van der Waals surface area contributed by atoms with Crippen molar-refractivity contribution < 1.29 is 38.9 Å². The monoisotopic (exact) mass is 671 g/mol. The number of amides is 4. The SMILES string of the molecule is COc1ccc(NC(=O)Nc2ccc(C3CC(C(=O)NC(CCSCC(NC(=O)CC(C)(C)C)C(=O)O)C(=O)O)N(C)C3)cc2)cc1. The number of carbonyl (C=O) groups excluding carboxylic acids is 3. The summed E-state index contributed by atoms with van der Waals surface area (Å²) in [6.07, 6.45) is 0.759. The van der Waals surface area contributed by atoms with Crippen LogP contribution in [-0.4, -0.2) is 95.2 Å². The quantitative estimate of drug-likeness (QED) is 0.152. The van der Waals surface area contributed by atoms with Crippen LogP contribution in [-0.2, 0) is 19.2 Å². The van der Waals surface area contributed by atoms with Gasteiger partial charge in [-0.2, -0.15) is 11.8 Å². The molecule has 4 atom stereocenters. The molecule has 13 nitrogen and oxygen atoms in total. The summed E-state index contributed by atoms with van der Waals surface area (Å²) in [5.74, 6) is -2.04. The van der Waals surface area contributed by atoms with E-state index in [1.54, 1.807) is 43.5 Å². The highest BCUT2D eigenvalue weighted by Gasteiger charge is 2.36. The fraction of sp³-hybridized carbons (Fsp3) is 0.485. The first kappa shape index (κ1) is 37.2. The molecule has 0 bridgehead atoms. The maximum Gasteiger partial charge on any atom is 0.327 e. The lowest BCUT2D eigenvalue weighted by molar-refractivity contribution is -0.142. The summed E-state index contributed by atoms with van der Waals surface area (Å²) in [7, 11) is 3.38. The van der Waals surface area contributed by atoms with E-state index in [-0.39, 0.29) is 41.6 Å². The zero-order valence-corrected chi connectivity index (χ0v) is 28.2. The molecule has 1 heterocycles. The average molecular weight is 672 g/mol. The third kappa shape index (κ3) is 12.1. The number of urea groups is 1. The lowest BCUT2D eigenvalue weighted by Gasteiger charge is -2.22. The van der Waals surface area contributed by atoms with Crippen molar-refractivity contribution in [2.75, 3.05) is 42.8 Å². The molecule has 14 heteroatoms. The van der Waals surface area contributed by atoms with Gasteiger partial charge in [0.2, 0.25) is 11.8 Å². The van der Waals surface area contributed by atoms with Crippen molar-refractivity contribution in [1.82, 2.24) is 15.5 Å². The molecular weight excluding hydrogens is 626 g/mol. The molecule has 1 aliphatic rings. The summed E-state index contributed by atoms with van der Waals surface area (Å²) in [6.45, 7) is 6.23. The molecule has 1 aliphatic heterocycles. The summed E-state index contributed by atoms with van der Waals surface area (Å²) in [5.41, 5.74) is 1.92. The molecule has 256 valence electrons. The fourth-order valence-corrected chi connectivity index (χ4v) is 6.21. The number of aliphatic carboxylic acids is 2. The molecule has 0 saturated carbocycles. The Bertz CT molecular complexity index is 1400. The van der Waals surface area contributed by atoms with E-state index in [1.807, 2.05) is 44.9 Å². The first-order valence-electron chi connectivity index (χ1n) is 15.3. The molecule has 2 aromatic rings. The van der Waals surface area contributed by atoms with Crippen LogP contribution in [0.5, 0.6) is 5.75 Å². The molecule has 1 fully saturated rings. The van der Waals surface area contributed by atoms with Crippen molar-refractivity contribution in [3.8, 4) is 5.75 Å². The second-order valence-corrected chi connectivity index (χ2v) is 13.9. The molecule has 0 spiro atoms. The van der Waals surface area contributed by atoms with Gasteiger partial charge in [0.15, 0.2) is 0 Å². The number of methoxy groups -OCH3 is 1. The van der Waals surface area contributed by atoms with Gasteiger partial charge in [-0.05, 0) is 78.9 Å². The number of hydrogen-bond donors (Lipinski definition) is 6. The molecule has 2 aromatic carbocycles. The molecular formula is C33H45N5O8S. The van der Waals surface area contributed by atoms with Crippen molar-refractivity contribution in [3.05, 3.63) is 54.1 Å². The van der Waals surface area contributed by atoms with Crippen molar-refractivity contribution in [2.24, 2.45) is 5.41 Å². The predicted octanol–water partition coefficient (Wildman–Crippen LogP) is 3.83. The zero-order chi connectivity index (χ0) is 34.7. The topological polar surface area (TPSA) is 186 Å². The van der Waals surface area contributed by atoms with Crippen LogP contribution >= 0.6 is 11.8 Å². The van der Waals surface area contributed by atoms with E-state index < -0.39 is 42.0 Å². The third-order valence-electron chi connectivity index (χ3n) is 7.61. The molecule has 4 amide bonds. The van der Waals surface area contributed by atoms with Crippen molar-refractivity contribution >= 4 is 52.9 Å². The summed E-state index contributed by atoms with van der Waals surface area (Å²) in [4.78, 5) is 63.2. The fourth-order valence-electron chi connectivity index (χ4n) is 5.18. The van der Waals surface area contributed by atoms with Crippen LogP contribution in [0, 0.1) is 5.41 Å². The average Bonchev–Trinajstić information content (AvgIpc) is 3.39. The molecule has 47 heavy (non-hydrogen) atoms. The Morgan fingerprint density at radius 1 is 0.915 bits per heavy atom. The van der Waals surface area contributed by atoms with Crippen LogP contribution in [0.3, 0.4) is 0 Å². The maximum atomic E-state index is 13.2. The number of anilines is 2. The van der Waals surface area contributed by atoms with Crippen LogP contribution in [0.1, 0.15) is 51.5 Å². The third-order valence-corrected chi connectivity index (χ3v) is 8.71. The standard InChI is InChI=1S/C33H45N5O8S/c1-33(2,3)17-28(39)36-26(31(43)44)19-47-15-14-25(30(41)42)37-29(40)27-16-21(18-38(27)4)20-6-8-22(9-7-20)34-32(45)35-23-10-12-24(46-5)13-11-23/h6-13,21,25-27H,14-19H2,1-5H3,(H,36,39)(H,37,40)(H,41,42)(H,43,44)(H2,34,35,45). The maximum absolute atomic E-state index is 13.2. The van der Waals surface area contributed by atoms with Crippen molar-refractivity contribution in [1.29, 1.82) is 0 Å². The van der Waals surface area contributed by atoms with Gasteiger partial charge in [0.1, 0.15) is 17.8 Å². The number of carboxylic acids is 2. The number of rotatable bonds is 15. The van der Waals surface area contributed by atoms with Crippen LogP contribution in [0.15, 0.2) is 48.5 Å². The highest BCUT2D eigenvalue weighted by Crippen LogP contribution is 2.32. The Kier molecular flexibility index (Phi) is 13.5. The second kappa shape index (κ2) is 17.0. The van der Waals surface area contributed by atoms with E-state index >= 15 is 0 Å². The Balaban J connectivity index is 1.47. The molecule has 0 aliphatic carbocycles. The highest BCUT2D eigenvalue weighted by molar-refractivity contribution is 7.99. The lowest BCUT2D eigenvalue weighted by Crippen LogP contribution is -2.48. The first-order chi connectivity index (χ1) is 22.1. The van der Waals surface area contributed by atoms with Gasteiger partial charge in [-0.15, -0.1) is 0 Å². The number of likely N-dealkylation sites (N-methyl/N-ethyl adjacent to an activating group) is 1. The number of likely N-dealkylation sites (tertiary alicyclic amines) is 1. The molecule has 0 aromatic heterocycles. The van der Waals surface area contributed by atoms with Crippen LogP contribution in [0.4, 0.5) is 16.2 Å². The summed E-state index contributed by atoms with van der Waals surface area (Å²) in [5, 5.41) is 30.0. The number of nitrogens with zero attached hydrogens (tertiary/aromatic N) is 1. The Morgan fingerprint density at radius 2 is 1.49 bits per heavy atom. The largest absolute Gasteiger partial charge is 0.497 e. The molecule has 4 unspecified atom stereocenters. The number of carbonyl (C=O) groups is 5. The van der Waals surface area contributed by atoms with E-state index in [2.05, 4.69) is 21.3 Å². The van der Waals surface area contributed by atoms with E-state index in [9.17, 15) is 34.2 Å². The predicted molar refractivity (Wildman–Crippen MR) is 181 cm³/mol. The van der Waals surface area contributed by atoms with E-state index in [0.717, 1.165) is 5.56 Å². The van der Waals surface area contributed by atoms with E-state index in [4.69, 9.17) is 4.74 Å². The molecule has 3 rings (SSSR count). The number of thioether (sulfide) groups is 1. The summed E-state index contributed by atoms with van der Waals surface area (Å²) < 4.78 is 5.12. The number of hydrogen-bond acceptors (Lipinski definition) is 8. The van der Waals surface area contributed by atoms with Crippen LogP contribution in [0.2, 0.25) is 0 Å². The van der Waals surface area contributed by atoms with Gasteiger partial charge in [-0.1, -0.05) is 32.9 Å². The minimum absolute atomic E-state index is 0.0261. The Labute approximate surface area is 279 Å². The molecule has 6 N–H and O–H groups in total. The van der Waals surface area contributed by atoms with Gasteiger partial charge in [0.25, 0.3) is 0 Å². The van der Waals surface area contributed by atoms with Crippen LogP contribution < -0.4 is 26.0 Å². The Morgan fingerprint density at radius 3 is 2.02 bits per heavy atom. The van der Waals surface area contributed by atoms with Gasteiger partial charge >= 0.3 is 18.0 Å². The number of nitrogens with one attached hydrogen (secondary N) is 4. The minimum Gasteiger partial charge on any atom is -0.497 e. The number of benzene rings is 2. The van der Waals surface area contributed by atoms with Gasteiger partial charge in [0, 0.05) is 30.1 Å². The van der Waals surface area contributed by atoms with Crippen LogP contribution in [0.25, 0.3) is 0 Å². The normalized spacial score (nSPS) is 17.6. The smallest absolute Gasteiger partial charge is 0.327 e. The highest BCUT2D eigenvalue weighted by atomic mass is 32.2. The van der Waals surface area contributed by atoms with Gasteiger partial charge in [-0.3, -0.25) is 14.5 Å². The minimum atomic E-state index is -1.18. The van der Waals surface area contributed by atoms with Gasteiger partial charge in [-0.25, -0.2) is 14.4 Å². The first-order valence-corrected chi connectivity index (χ1v) is 16.5. The van der Waals surface area contributed by atoms with Crippen molar-refractivity contribution in [2.45, 2.75) is 64.1 Å². The summed E-state index contributed by atoms with van der Waals surface area (Å²) in [6, 6.07) is 11.2. The lowest BCUT2D eigenvalue weighted by atomic mass is 9.92. The van der Waals surface area contributed by atoms with Gasteiger partial charge in [0.05, 0.1) is 13.2 Å². The molecule has 0 radical (unpaired) electrons. The zero-order valence-electron chi connectivity index (χ0n) is 27.4. The van der Waals surface area contributed by atoms with Crippen molar-refractivity contribution in [3.63, 3.8) is 0 Å². The number of ether oxygens (including phenoxy) is 1. The number of carboxylic acid groups (broad SMARTS) is 2. The Hall–Kier alpha value is -4.30. The molecule has 1 saturated heterocycles. The van der Waals surface area contributed by atoms with E-state index in [0.29, 0.717) is 30.1 Å².